The molecule has 0 aliphatic heterocycles. The quantitative estimate of drug-likeness (QED) is 0.0944. The molecule has 6 rings (SSSR count). The first-order valence-corrected chi connectivity index (χ1v) is 17.1. The van der Waals surface area contributed by atoms with Crippen LogP contribution >= 0.6 is 22.6 Å². The lowest BCUT2D eigenvalue weighted by Gasteiger charge is -2.14. The fourth-order valence-electron chi connectivity index (χ4n) is 5.18. The zero-order chi connectivity index (χ0) is 35.9. The smallest absolute Gasteiger partial charge is 0.324 e. The molecular weight excluding hydrogens is 761 g/mol. The van der Waals surface area contributed by atoms with Gasteiger partial charge in [0.2, 0.25) is 11.8 Å². The van der Waals surface area contributed by atoms with Crippen molar-refractivity contribution in [3.8, 4) is 23.1 Å². The summed E-state index contributed by atoms with van der Waals surface area (Å²) < 4.78 is 14.1. The molecule has 0 bridgehead atoms. The number of methoxy groups -OCH3 is 1. The second-order valence-corrected chi connectivity index (χ2v) is 12.9. The highest BCUT2D eigenvalue weighted by molar-refractivity contribution is 14.1. The van der Waals surface area contributed by atoms with E-state index in [2.05, 4.69) is 58.9 Å². The topological polar surface area (TPSA) is 148 Å². The fraction of sp³-hybridized carbons (Fsp3) is 0.162. The molecule has 51 heavy (non-hydrogen) atoms. The predicted octanol–water partition coefficient (Wildman–Crippen LogP) is 7.21. The lowest BCUT2D eigenvalue weighted by molar-refractivity contribution is 0.0950. The monoisotopic (exact) mass is 797 g/mol. The van der Waals surface area contributed by atoms with Crippen molar-refractivity contribution in [3.05, 3.63) is 112 Å². The van der Waals surface area contributed by atoms with Gasteiger partial charge in [-0.25, -0.2) is 14.5 Å². The van der Waals surface area contributed by atoms with Gasteiger partial charge in [0, 0.05) is 59.5 Å². The first kappa shape index (κ1) is 35.1. The van der Waals surface area contributed by atoms with Gasteiger partial charge < -0.3 is 30.3 Å². The lowest BCUT2D eigenvalue weighted by Crippen LogP contribution is -2.31. The first-order chi connectivity index (χ1) is 24.6. The van der Waals surface area contributed by atoms with Crippen molar-refractivity contribution >= 4 is 68.4 Å². The summed E-state index contributed by atoms with van der Waals surface area (Å²) in [7, 11) is 5.43. The van der Waals surface area contributed by atoms with Crippen molar-refractivity contribution in [2.24, 2.45) is 0 Å². The van der Waals surface area contributed by atoms with Crippen LogP contribution in [-0.4, -0.2) is 70.9 Å². The third kappa shape index (κ3) is 8.90. The van der Waals surface area contributed by atoms with E-state index in [1.54, 1.807) is 53.3 Å². The Morgan fingerprint density at radius 1 is 0.922 bits per heavy atom. The number of hydrogen-bond acceptors (Lipinski definition) is 9. The number of benzene rings is 4. The van der Waals surface area contributed by atoms with Crippen LogP contribution in [0.25, 0.3) is 16.5 Å². The molecule has 14 heteroatoms. The van der Waals surface area contributed by atoms with Gasteiger partial charge in [-0.15, -0.1) is 0 Å². The van der Waals surface area contributed by atoms with E-state index < -0.39 is 6.03 Å². The van der Waals surface area contributed by atoms with Crippen LogP contribution in [0.5, 0.6) is 17.4 Å². The number of amides is 3. The van der Waals surface area contributed by atoms with Crippen LogP contribution < -0.4 is 30.7 Å². The number of nitrogens with one attached hydrogen (secondary N) is 4. The summed E-state index contributed by atoms with van der Waals surface area (Å²) in [6, 6.07) is 27.2. The highest BCUT2D eigenvalue weighted by atomic mass is 127. The molecule has 0 atom stereocenters. The van der Waals surface area contributed by atoms with E-state index in [0.29, 0.717) is 53.2 Å². The number of anilines is 4. The molecule has 3 amide bonds. The van der Waals surface area contributed by atoms with E-state index in [-0.39, 0.29) is 11.9 Å². The number of likely N-dealkylation sites (N-methyl/N-ethyl adjacent to an activating group) is 1. The number of ether oxygens (including phenoxy) is 2. The van der Waals surface area contributed by atoms with E-state index >= 15 is 0 Å². The van der Waals surface area contributed by atoms with Crippen LogP contribution in [0.15, 0.2) is 97.2 Å². The number of aromatic nitrogens is 4. The lowest BCUT2D eigenvalue weighted by atomic mass is 10.1. The molecule has 4 N–H and O–H groups in total. The second-order valence-electron chi connectivity index (χ2n) is 11.8. The van der Waals surface area contributed by atoms with Gasteiger partial charge in [0.25, 0.3) is 5.91 Å². The molecule has 6 aromatic rings. The zero-order valence-corrected chi connectivity index (χ0v) is 30.6. The van der Waals surface area contributed by atoms with E-state index in [1.165, 1.54) is 7.11 Å². The molecule has 13 nitrogen and oxygen atoms in total. The summed E-state index contributed by atoms with van der Waals surface area (Å²) in [6.45, 7) is 3.24. The van der Waals surface area contributed by atoms with Crippen molar-refractivity contribution in [3.63, 3.8) is 0 Å². The summed E-state index contributed by atoms with van der Waals surface area (Å²) in [5.74, 6) is 1.91. The minimum atomic E-state index is -0.420. The fourth-order valence-corrected chi connectivity index (χ4v) is 5.69. The number of fused-ring (bicyclic) bond motifs is 1. The average Bonchev–Trinajstić information content (AvgIpc) is 3.48. The van der Waals surface area contributed by atoms with Crippen LogP contribution in [-0.2, 0) is 0 Å². The van der Waals surface area contributed by atoms with Gasteiger partial charge in [0.1, 0.15) is 21.0 Å². The number of aryl methyl sites for hydroxylation is 1. The number of hydrogen-bond donors (Lipinski definition) is 4. The molecule has 0 radical (unpaired) electrons. The minimum Gasteiger partial charge on any atom is -0.497 e. The number of nitrogens with zero attached hydrogens (tertiary/aromatic N) is 5. The number of rotatable bonds is 12. The van der Waals surface area contributed by atoms with Gasteiger partial charge in [-0.2, -0.15) is 10.1 Å². The van der Waals surface area contributed by atoms with Crippen molar-refractivity contribution in [1.29, 1.82) is 0 Å². The molecule has 2 heterocycles. The molecule has 0 saturated heterocycles. The standard InChI is InChI=1S/C37H36IN9O4/c1-23-9-11-26(12-10-23)47-33(22-32(38)45-47)43-37(49)42-30-13-14-31(29-8-6-5-7-28(29)30)51-34-15-16-40-36(44-34)41-25-19-24(20-27(21-25)50-4)35(48)39-17-18-46(2)3/h5-16,19-22H,17-18H2,1-4H3,(H,39,48)(H,40,41,44)(H2,42,43,49). The second kappa shape index (κ2) is 15.9. The first-order valence-electron chi connectivity index (χ1n) is 16.0. The molecule has 0 fully saturated rings. The van der Waals surface area contributed by atoms with E-state index in [1.807, 2.05) is 74.4 Å². The molecule has 0 unspecified atom stereocenters. The van der Waals surface area contributed by atoms with Gasteiger partial charge in [-0.05, 0) is 80.0 Å². The molecule has 0 aliphatic carbocycles. The Kier molecular flexibility index (Phi) is 10.9. The number of urea groups is 1. The highest BCUT2D eigenvalue weighted by Crippen LogP contribution is 2.34. The Morgan fingerprint density at radius 2 is 1.71 bits per heavy atom. The normalized spacial score (nSPS) is 10.9. The van der Waals surface area contributed by atoms with Crippen molar-refractivity contribution in [1.82, 2.24) is 30.0 Å². The minimum absolute atomic E-state index is 0.220. The maximum absolute atomic E-state index is 13.3. The van der Waals surface area contributed by atoms with Gasteiger partial charge in [0.05, 0.1) is 18.5 Å². The van der Waals surface area contributed by atoms with Crippen LogP contribution in [0.4, 0.5) is 27.9 Å². The molecule has 2 aromatic heterocycles. The largest absolute Gasteiger partial charge is 0.497 e. The molecule has 0 spiro atoms. The van der Waals surface area contributed by atoms with Crippen LogP contribution in [0.2, 0.25) is 0 Å². The van der Waals surface area contributed by atoms with Crippen LogP contribution in [0, 0.1) is 10.6 Å². The van der Waals surface area contributed by atoms with Gasteiger partial charge in [-0.3, -0.25) is 10.1 Å². The Labute approximate surface area is 308 Å². The van der Waals surface area contributed by atoms with E-state index in [9.17, 15) is 9.59 Å². The maximum atomic E-state index is 13.3. The highest BCUT2D eigenvalue weighted by Gasteiger charge is 2.15. The number of halogens is 1. The van der Waals surface area contributed by atoms with Crippen molar-refractivity contribution < 1.29 is 19.1 Å². The van der Waals surface area contributed by atoms with Gasteiger partial charge >= 0.3 is 6.03 Å². The van der Waals surface area contributed by atoms with Gasteiger partial charge in [0.15, 0.2) is 0 Å². The Hall–Kier alpha value is -5.74. The summed E-state index contributed by atoms with van der Waals surface area (Å²) in [5, 5.41) is 18.0. The zero-order valence-electron chi connectivity index (χ0n) is 28.4. The Bertz CT molecular complexity index is 2190. The van der Waals surface area contributed by atoms with Crippen molar-refractivity contribution in [2.45, 2.75) is 6.92 Å². The van der Waals surface area contributed by atoms with Crippen LogP contribution in [0.3, 0.4) is 0 Å². The summed E-state index contributed by atoms with van der Waals surface area (Å²) >= 11 is 2.12. The summed E-state index contributed by atoms with van der Waals surface area (Å²) in [4.78, 5) is 36.9. The molecule has 0 saturated carbocycles. The molecule has 260 valence electrons. The predicted molar refractivity (Wildman–Crippen MR) is 207 cm³/mol. The SMILES string of the molecule is COc1cc(Nc2nccc(Oc3ccc(NC(=O)Nc4cc(I)nn4-c4ccc(C)cc4)c4ccccc34)n2)cc(C(=O)NCCN(C)C)c1. The molecule has 4 aromatic carbocycles. The third-order valence-electron chi connectivity index (χ3n) is 7.68. The Balaban J connectivity index is 1.17. The van der Waals surface area contributed by atoms with E-state index in [4.69, 9.17) is 9.47 Å². The Morgan fingerprint density at radius 3 is 2.47 bits per heavy atom. The summed E-state index contributed by atoms with van der Waals surface area (Å²) in [6.07, 6.45) is 1.57. The summed E-state index contributed by atoms with van der Waals surface area (Å²) in [5.41, 5.74) is 3.56. The molecule has 0 aliphatic rings. The van der Waals surface area contributed by atoms with E-state index in [0.717, 1.165) is 25.7 Å². The van der Waals surface area contributed by atoms with Crippen LogP contribution in [0.1, 0.15) is 15.9 Å². The average molecular weight is 798 g/mol. The maximum Gasteiger partial charge on any atom is 0.324 e. The number of carbonyl (C=O) groups excluding carboxylic acids is 2. The van der Waals surface area contributed by atoms with Crippen molar-refractivity contribution in [2.75, 3.05) is 50.2 Å². The number of carbonyl (C=O) groups is 2. The third-order valence-corrected chi connectivity index (χ3v) is 8.21. The molecular formula is C37H36IN9O4. The van der Waals surface area contributed by atoms with Gasteiger partial charge in [-0.1, -0.05) is 42.0 Å².